The van der Waals surface area contributed by atoms with Crippen molar-refractivity contribution >= 4 is 27.5 Å². The lowest BCUT2D eigenvalue weighted by molar-refractivity contribution is -0.116. The van der Waals surface area contributed by atoms with Crippen LogP contribution >= 0.6 is 15.9 Å². The average Bonchev–Trinajstić information content (AvgIpc) is 2.90. The second kappa shape index (κ2) is 6.90. The van der Waals surface area contributed by atoms with E-state index in [0.717, 1.165) is 42.5 Å². The zero-order valence-electron chi connectivity index (χ0n) is 10.3. The molecular formula is C14H18BrNO2. The number of ether oxygens (including phenoxy) is 1. The summed E-state index contributed by atoms with van der Waals surface area (Å²) in [5.74, 6) is 0.0684. The Balaban J connectivity index is 1.82. The predicted octanol–water partition coefficient (Wildman–Crippen LogP) is 3.48. The molecule has 1 aromatic rings. The van der Waals surface area contributed by atoms with Gasteiger partial charge in [-0.25, -0.2) is 0 Å². The standard InChI is InChI=1S/C14H18BrNO2/c15-10-11-4-1-2-6-13(11)16-14(17)8-7-12-5-3-9-18-12/h1-2,4,6,12H,3,5,7-10H2,(H,16,17). The molecule has 1 N–H and O–H groups in total. The van der Waals surface area contributed by atoms with Crippen LogP contribution in [0.3, 0.4) is 0 Å². The van der Waals surface area contributed by atoms with Crippen LogP contribution in [-0.4, -0.2) is 18.6 Å². The maximum absolute atomic E-state index is 11.9. The van der Waals surface area contributed by atoms with E-state index in [9.17, 15) is 4.79 Å². The summed E-state index contributed by atoms with van der Waals surface area (Å²) in [5, 5.41) is 3.71. The summed E-state index contributed by atoms with van der Waals surface area (Å²) >= 11 is 3.42. The Kier molecular flexibility index (Phi) is 5.20. The van der Waals surface area contributed by atoms with Crippen molar-refractivity contribution in [3.8, 4) is 0 Å². The fourth-order valence-corrected chi connectivity index (χ4v) is 2.62. The van der Waals surface area contributed by atoms with E-state index in [2.05, 4.69) is 21.2 Å². The fourth-order valence-electron chi connectivity index (χ4n) is 2.14. The minimum absolute atomic E-state index is 0.0684. The van der Waals surface area contributed by atoms with Crippen LogP contribution < -0.4 is 5.32 Å². The molecule has 0 aliphatic carbocycles. The van der Waals surface area contributed by atoms with Crippen molar-refractivity contribution in [2.45, 2.75) is 37.1 Å². The van der Waals surface area contributed by atoms with Gasteiger partial charge in [-0.2, -0.15) is 0 Å². The van der Waals surface area contributed by atoms with Crippen LogP contribution in [0.1, 0.15) is 31.2 Å². The highest BCUT2D eigenvalue weighted by Crippen LogP contribution is 2.20. The number of halogens is 1. The molecule has 1 aliphatic rings. The first-order valence-electron chi connectivity index (χ1n) is 6.35. The van der Waals surface area contributed by atoms with E-state index in [4.69, 9.17) is 4.74 Å². The van der Waals surface area contributed by atoms with Gasteiger partial charge in [0.2, 0.25) is 5.91 Å². The van der Waals surface area contributed by atoms with Crippen LogP contribution in [0, 0.1) is 0 Å². The Hall–Kier alpha value is -0.870. The monoisotopic (exact) mass is 311 g/mol. The number of nitrogens with one attached hydrogen (secondary N) is 1. The second-order valence-electron chi connectivity index (χ2n) is 4.51. The summed E-state index contributed by atoms with van der Waals surface area (Å²) in [6, 6.07) is 7.84. The lowest BCUT2D eigenvalue weighted by atomic mass is 10.1. The van der Waals surface area contributed by atoms with Crippen molar-refractivity contribution in [3.63, 3.8) is 0 Å². The molecule has 3 nitrogen and oxygen atoms in total. The predicted molar refractivity (Wildman–Crippen MR) is 75.9 cm³/mol. The smallest absolute Gasteiger partial charge is 0.224 e. The average molecular weight is 312 g/mol. The van der Waals surface area contributed by atoms with Gasteiger partial charge in [0.1, 0.15) is 0 Å². The van der Waals surface area contributed by atoms with Crippen LogP contribution in [0.25, 0.3) is 0 Å². The summed E-state index contributed by atoms with van der Waals surface area (Å²) in [4.78, 5) is 11.9. The number of hydrogen-bond acceptors (Lipinski definition) is 2. The van der Waals surface area contributed by atoms with Crippen LogP contribution in [0.15, 0.2) is 24.3 Å². The lowest BCUT2D eigenvalue weighted by Gasteiger charge is -2.11. The van der Waals surface area contributed by atoms with Crippen molar-refractivity contribution in [2.75, 3.05) is 11.9 Å². The van der Waals surface area contributed by atoms with E-state index in [1.165, 1.54) is 0 Å². The molecule has 0 aromatic heterocycles. The molecule has 1 unspecified atom stereocenters. The highest BCUT2D eigenvalue weighted by atomic mass is 79.9. The third-order valence-corrected chi connectivity index (χ3v) is 3.76. The Morgan fingerprint density at radius 3 is 3.00 bits per heavy atom. The zero-order valence-corrected chi connectivity index (χ0v) is 11.9. The lowest BCUT2D eigenvalue weighted by Crippen LogP contribution is -2.15. The molecule has 1 amide bonds. The molecule has 2 rings (SSSR count). The van der Waals surface area contributed by atoms with Crippen LogP contribution in [0.4, 0.5) is 5.69 Å². The minimum atomic E-state index is 0.0684. The molecule has 4 heteroatoms. The first kappa shape index (κ1) is 13.6. The molecule has 18 heavy (non-hydrogen) atoms. The van der Waals surface area contributed by atoms with Crippen molar-refractivity contribution in [1.29, 1.82) is 0 Å². The fraction of sp³-hybridized carbons (Fsp3) is 0.500. The molecular weight excluding hydrogens is 294 g/mol. The molecule has 1 heterocycles. The maximum atomic E-state index is 11.9. The normalized spacial score (nSPS) is 18.8. The van der Waals surface area contributed by atoms with Crippen molar-refractivity contribution < 1.29 is 9.53 Å². The van der Waals surface area contributed by atoms with E-state index in [1.54, 1.807) is 0 Å². The van der Waals surface area contributed by atoms with Gasteiger partial charge >= 0.3 is 0 Å². The molecule has 1 atom stereocenters. The van der Waals surface area contributed by atoms with Gasteiger partial charge in [0.15, 0.2) is 0 Å². The number of carbonyl (C=O) groups is 1. The van der Waals surface area contributed by atoms with Gasteiger partial charge in [0, 0.05) is 24.0 Å². The number of anilines is 1. The quantitative estimate of drug-likeness (QED) is 0.845. The molecule has 1 fully saturated rings. The third-order valence-electron chi connectivity index (χ3n) is 3.15. The van der Waals surface area contributed by atoms with Crippen molar-refractivity contribution in [3.05, 3.63) is 29.8 Å². The number of alkyl halides is 1. The van der Waals surface area contributed by atoms with Crippen LogP contribution in [0.5, 0.6) is 0 Å². The number of para-hydroxylation sites is 1. The van der Waals surface area contributed by atoms with Gasteiger partial charge in [0.25, 0.3) is 0 Å². The molecule has 1 aliphatic heterocycles. The highest BCUT2D eigenvalue weighted by Gasteiger charge is 2.16. The molecule has 1 aromatic carbocycles. The molecule has 1 saturated heterocycles. The SMILES string of the molecule is O=C(CCC1CCCO1)Nc1ccccc1CBr. The van der Waals surface area contributed by atoms with Gasteiger partial charge < -0.3 is 10.1 Å². The van der Waals surface area contributed by atoms with Crippen molar-refractivity contribution in [1.82, 2.24) is 0 Å². The molecule has 0 bridgehead atoms. The molecule has 0 saturated carbocycles. The van der Waals surface area contributed by atoms with Gasteiger partial charge in [-0.05, 0) is 30.9 Å². The summed E-state index contributed by atoms with van der Waals surface area (Å²) in [6.45, 7) is 0.846. The number of benzene rings is 1. The second-order valence-corrected chi connectivity index (χ2v) is 5.07. The molecule has 0 radical (unpaired) electrons. The number of carbonyl (C=O) groups excluding carboxylic acids is 1. The van der Waals surface area contributed by atoms with Crippen LogP contribution in [-0.2, 0) is 14.9 Å². The Morgan fingerprint density at radius 2 is 2.28 bits per heavy atom. The van der Waals surface area contributed by atoms with Crippen molar-refractivity contribution in [2.24, 2.45) is 0 Å². The largest absolute Gasteiger partial charge is 0.378 e. The number of rotatable bonds is 5. The Morgan fingerprint density at radius 1 is 1.44 bits per heavy atom. The van der Waals surface area contributed by atoms with E-state index in [1.807, 2.05) is 24.3 Å². The molecule has 98 valence electrons. The Bertz CT molecular complexity index is 403. The molecule has 0 spiro atoms. The van der Waals surface area contributed by atoms with E-state index in [-0.39, 0.29) is 12.0 Å². The first-order valence-corrected chi connectivity index (χ1v) is 7.47. The van der Waals surface area contributed by atoms with E-state index >= 15 is 0 Å². The first-order chi connectivity index (χ1) is 8.79. The van der Waals surface area contributed by atoms with E-state index < -0.39 is 0 Å². The van der Waals surface area contributed by atoms with Crippen LogP contribution in [0.2, 0.25) is 0 Å². The Labute approximate surface area is 116 Å². The number of hydrogen-bond donors (Lipinski definition) is 1. The number of amides is 1. The van der Waals surface area contributed by atoms with E-state index in [0.29, 0.717) is 6.42 Å². The minimum Gasteiger partial charge on any atom is -0.378 e. The summed E-state index contributed by atoms with van der Waals surface area (Å²) in [7, 11) is 0. The maximum Gasteiger partial charge on any atom is 0.224 e. The topological polar surface area (TPSA) is 38.3 Å². The summed E-state index contributed by atoms with van der Waals surface area (Å²) < 4.78 is 5.51. The summed E-state index contributed by atoms with van der Waals surface area (Å²) in [6.07, 6.45) is 3.84. The van der Waals surface area contributed by atoms with Gasteiger partial charge in [0.05, 0.1) is 6.10 Å². The van der Waals surface area contributed by atoms with Gasteiger partial charge in [-0.1, -0.05) is 34.1 Å². The van der Waals surface area contributed by atoms with Gasteiger partial charge in [-0.15, -0.1) is 0 Å². The zero-order chi connectivity index (χ0) is 12.8. The van der Waals surface area contributed by atoms with Gasteiger partial charge in [-0.3, -0.25) is 4.79 Å². The third kappa shape index (κ3) is 3.82. The highest BCUT2D eigenvalue weighted by molar-refractivity contribution is 9.08. The summed E-state index contributed by atoms with van der Waals surface area (Å²) in [5.41, 5.74) is 2.00.